The van der Waals surface area contributed by atoms with E-state index >= 15 is 0 Å². The first-order valence-corrected chi connectivity index (χ1v) is 10.9. The van der Waals surface area contributed by atoms with E-state index < -0.39 is 12.1 Å². The molecule has 0 unspecified atom stereocenters. The van der Waals surface area contributed by atoms with Crippen molar-refractivity contribution in [3.05, 3.63) is 23.8 Å². The summed E-state index contributed by atoms with van der Waals surface area (Å²) in [4.78, 5) is 23.6. The van der Waals surface area contributed by atoms with E-state index in [0.29, 0.717) is 12.3 Å². The van der Waals surface area contributed by atoms with Crippen molar-refractivity contribution in [3.8, 4) is 5.75 Å². The van der Waals surface area contributed by atoms with Crippen LogP contribution in [0.2, 0.25) is 0 Å². The van der Waals surface area contributed by atoms with E-state index in [1.165, 1.54) is 77.0 Å². The third-order valence-corrected chi connectivity index (χ3v) is 4.82. The number of methoxy groups -OCH3 is 1. The molecule has 0 heterocycles. The van der Waals surface area contributed by atoms with E-state index in [-0.39, 0.29) is 11.3 Å². The molecule has 164 valence electrons. The van der Waals surface area contributed by atoms with Gasteiger partial charge in [-0.05, 0) is 24.6 Å². The van der Waals surface area contributed by atoms with E-state index in [1.807, 2.05) is 0 Å². The van der Waals surface area contributed by atoms with Gasteiger partial charge in [0, 0.05) is 5.69 Å². The Morgan fingerprint density at radius 3 is 1.97 bits per heavy atom. The minimum atomic E-state index is -0.831. The van der Waals surface area contributed by atoms with Gasteiger partial charge in [-0.15, -0.1) is 0 Å². The average molecular weight is 408 g/mol. The molecule has 0 atom stereocenters. The summed E-state index contributed by atoms with van der Waals surface area (Å²) in [5.74, 6) is -0.549. The van der Waals surface area contributed by atoms with Gasteiger partial charge < -0.3 is 19.9 Å². The Labute approximate surface area is 175 Å². The smallest absolute Gasteiger partial charge is 0.465 e. The van der Waals surface area contributed by atoms with Gasteiger partial charge in [0.15, 0.2) is 0 Å². The Morgan fingerprint density at radius 1 is 0.862 bits per heavy atom. The molecule has 0 spiro atoms. The van der Waals surface area contributed by atoms with Crippen LogP contribution in [0.1, 0.15) is 94.3 Å². The molecule has 2 N–H and O–H groups in total. The number of esters is 1. The maximum atomic E-state index is 11.8. The largest absolute Gasteiger partial charge is 0.513 e. The fraction of sp³-hybridized carbons (Fsp3) is 0.652. The Balaban J connectivity index is 2.08. The van der Waals surface area contributed by atoms with Crippen LogP contribution >= 0.6 is 0 Å². The normalized spacial score (nSPS) is 10.6. The van der Waals surface area contributed by atoms with Crippen LogP contribution in [0.25, 0.3) is 0 Å². The summed E-state index contributed by atoms with van der Waals surface area (Å²) in [5, 5.41) is 0. The number of unbranched alkanes of at least 4 members (excludes halogenated alkanes) is 11. The number of nitrogen functional groups attached to an aromatic ring is 1. The van der Waals surface area contributed by atoms with Crippen molar-refractivity contribution in [2.75, 3.05) is 19.5 Å². The van der Waals surface area contributed by atoms with Crippen molar-refractivity contribution < 1.29 is 23.8 Å². The summed E-state index contributed by atoms with van der Waals surface area (Å²) in [6.07, 6.45) is 14.1. The highest BCUT2D eigenvalue weighted by Gasteiger charge is 2.17. The zero-order chi connectivity index (χ0) is 21.3. The summed E-state index contributed by atoms with van der Waals surface area (Å²) in [7, 11) is 1.25. The van der Waals surface area contributed by atoms with Crippen LogP contribution < -0.4 is 10.5 Å². The molecule has 0 radical (unpaired) electrons. The summed E-state index contributed by atoms with van der Waals surface area (Å²) in [5.41, 5.74) is 6.13. The molecule has 0 aliphatic heterocycles. The van der Waals surface area contributed by atoms with Crippen LogP contribution in [-0.2, 0) is 9.47 Å². The predicted octanol–water partition coefficient (Wildman–Crippen LogP) is 6.27. The van der Waals surface area contributed by atoms with Crippen molar-refractivity contribution in [1.29, 1.82) is 0 Å². The topological polar surface area (TPSA) is 87.9 Å². The molecule has 1 aromatic carbocycles. The SMILES string of the molecule is CCCCCCCCCCCCCCOC(=O)Oc1ccc(N)cc1C(=O)OC. The third-order valence-electron chi connectivity index (χ3n) is 4.82. The second-order valence-electron chi connectivity index (χ2n) is 7.34. The number of carbonyl (C=O) groups is 2. The molecule has 0 saturated heterocycles. The second-order valence-corrected chi connectivity index (χ2v) is 7.34. The van der Waals surface area contributed by atoms with Crippen LogP contribution in [0.5, 0.6) is 5.75 Å². The van der Waals surface area contributed by atoms with E-state index in [2.05, 4.69) is 11.7 Å². The molecule has 29 heavy (non-hydrogen) atoms. The lowest BCUT2D eigenvalue weighted by atomic mass is 10.1. The molecule has 1 rings (SSSR count). The van der Waals surface area contributed by atoms with Crippen LogP contribution in [0.15, 0.2) is 18.2 Å². The number of hydrogen-bond donors (Lipinski definition) is 1. The first-order chi connectivity index (χ1) is 14.1. The number of anilines is 1. The first kappa shape index (κ1) is 24.8. The zero-order valence-corrected chi connectivity index (χ0v) is 18.0. The molecule has 0 bridgehead atoms. The average Bonchev–Trinajstić information content (AvgIpc) is 2.72. The molecular weight excluding hydrogens is 370 g/mol. The fourth-order valence-corrected chi connectivity index (χ4v) is 3.12. The molecule has 0 saturated carbocycles. The molecule has 0 amide bonds. The molecule has 0 aliphatic carbocycles. The lowest BCUT2D eigenvalue weighted by molar-refractivity contribution is 0.0594. The summed E-state index contributed by atoms with van der Waals surface area (Å²) < 4.78 is 14.9. The number of carbonyl (C=O) groups excluding carboxylic acids is 2. The minimum Gasteiger partial charge on any atom is -0.465 e. The molecule has 0 fully saturated rings. The van der Waals surface area contributed by atoms with Crippen molar-refractivity contribution >= 4 is 17.8 Å². The first-order valence-electron chi connectivity index (χ1n) is 10.9. The van der Waals surface area contributed by atoms with E-state index in [0.717, 1.165) is 19.3 Å². The molecular formula is C23H37NO5. The van der Waals surface area contributed by atoms with Gasteiger partial charge in [0.05, 0.1) is 13.7 Å². The Bertz CT molecular complexity index is 603. The maximum absolute atomic E-state index is 11.8. The number of rotatable bonds is 15. The Morgan fingerprint density at radius 2 is 1.41 bits per heavy atom. The lowest BCUT2D eigenvalue weighted by Crippen LogP contribution is -2.14. The molecule has 1 aromatic rings. The third kappa shape index (κ3) is 11.4. The Kier molecular flexibility index (Phi) is 13.4. The van der Waals surface area contributed by atoms with Crippen LogP contribution in [-0.4, -0.2) is 25.8 Å². The molecule has 0 aliphatic rings. The highest BCUT2D eigenvalue weighted by atomic mass is 16.7. The minimum absolute atomic E-state index is 0.0748. The fourth-order valence-electron chi connectivity index (χ4n) is 3.12. The summed E-state index contributed by atoms with van der Waals surface area (Å²) >= 11 is 0. The number of ether oxygens (including phenoxy) is 3. The number of hydrogen-bond acceptors (Lipinski definition) is 6. The highest BCUT2D eigenvalue weighted by Crippen LogP contribution is 2.23. The van der Waals surface area contributed by atoms with Crippen molar-refractivity contribution in [3.63, 3.8) is 0 Å². The second kappa shape index (κ2) is 15.7. The standard InChI is InChI=1S/C23H37NO5/c1-3-4-5-6-7-8-9-10-11-12-13-14-17-28-23(26)29-21-16-15-19(24)18-20(21)22(25)27-2/h15-16,18H,3-14,17,24H2,1-2H3. The lowest BCUT2D eigenvalue weighted by Gasteiger charge is -2.10. The van der Waals surface area contributed by atoms with Crippen LogP contribution in [0.3, 0.4) is 0 Å². The van der Waals surface area contributed by atoms with Crippen LogP contribution in [0, 0.1) is 0 Å². The van der Waals surface area contributed by atoms with Gasteiger partial charge in [0.1, 0.15) is 11.3 Å². The van der Waals surface area contributed by atoms with Gasteiger partial charge in [-0.1, -0.05) is 77.6 Å². The van der Waals surface area contributed by atoms with Gasteiger partial charge in [0.25, 0.3) is 0 Å². The maximum Gasteiger partial charge on any atom is 0.513 e. The zero-order valence-electron chi connectivity index (χ0n) is 18.0. The molecule has 0 aromatic heterocycles. The van der Waals surface area contributed by atoms with Crippen molar-refractivity contribution in [2.45, 2.75) is 84.0 Å². The van der Waals surface area contributed by atoms with Gasteiger partial charge in [-0.2, -0.15) is 0 Å². The van der Waals surface area contributed by atoms with Gasteiger partial charge in [-0.25, -0.2) is 9.59 Å². The monoisotopic (exact) mass is 407 g/mol. The van der Waals surface area contributed by atoms with Crippen LogP contribution in [0.4, 0.5) is 10.5 Å². The van der Waals surface area contributed by atoms with E-state index in [1.54, 1.807) is 6.07 Å². The molecule has 6 heteroatoms. The van der Waals surface area contributed by atoms with Gasteiger partial charge in [0.2, 0.25) is 0 Å². The summed E-state index contributed by atoms with van der Waals surface area (Å²) in [6.45, 7) is 2.55. The van der Waals surface area contributed by atoms with Gasteiger partial charge >= 0.3 is 12.1 Å². The Hall–Kier alpha value is -2.24. The van der Waals surface area contributed by atoms with E-state index in [4.69, 9.17) is 15.2 Å². The highest BCUT2D eigenvalue weighted by molar-refractivity contribution is 5.94. The van der Waals surface area contributed by atoms with Gasteiger partial charge in [-0.3, -0.25) is 0 Å². The number of benzene rings is 1. The number of nitrogens with two attached hydrogens (primary N) is 1. The molecule has 6 nitrogen and oxygen atoms in total. The van der Waals surface area contributed by atoms with Crippen molar-refractivity contribution in [2.24, 2.45) is 0 Å². The van der Waals surface area contributed by atoms with E-state index in [9.17, 15) is 9.59 Å². The quantitative estimate of drug-likeness (QED) is 0.159. The summed E-state index contributed by atoms with van der Waals surface area (Å²) in [6, 6.07) is 4.40. The predicted molar refractivity (Wildman–Crippen MR) is 115 cm³/mol. The van der Waals surface area contributed by atoms with Crippen molar-refractivity contribution in [1.82, 2.24) is 0 Å².